The van der Waals surface area contributed by atoms with E-state index >= 15 is 0 Å². The summed E-state index contributed by atoms with van der Waals surface area (Å²) < 4.78 is 13.5. The van der Waals surface area contributed by atoms with E-state index in [4.69, 9.17) is 11.6 Å². The Morgan fingerprint density at radius 3 is 2.65 bits per heavy atom. The Balaban J connectivity index is 2.98. The van der Waals surface area contributed by atoms with Gasteiger partial charge in [-0.25, -0.2) is 4.39 Å². The van der Waals surface area contributed by atoms with Crippen molar-refractivity contribution < 1.29 is 9.31 Å². The monoisotopic (exact) mass is 302 g/mol. The van der Waals surface area contributed by atoms with E-state index in [2.05, 4.69) is 19.2 Å². The highest BCUT2D eigenvalue weighted by Gasteiger charge is 2.20. The van der Waals surface area contributed by atoms with Gasteiger partial charge in [-0.2, -0.15) is 0 Å². The van der Waals surface area contributed by atoms with Crippen LogP contribution in [0.15, 0.2) is 12.1 Å². The summed E-state index contributed by atoms with van der Waals surface area (Å²) >= 11 is 5.62. The van der Waals surface area contributed by atoms with Gasteiger partial charge in [0.2, 0.25) is 0 Å². The van der Waals surface area contributed by atoms with Crippen LogP contribution in [-0.2, 0) is 6.42 Å². The minimum atomic E-state index is -0.613. The highest BCUT2D eigenvalue weighted by atomic mass is 35.5. The molecule has 0 aliphatic carbocycles. The lowest BCUT2D eigenvalue weighted by Gasteiger charge is -2.18. The van der Waals surface area contributed by atoms with Crippen molar-refractivity contribution >= 4 is 17.3 Å². The maximum absolute atomic E-state index is 13.5. The zero-order valence-corrected chi connectivity index (χ0v) is 12.5. The summed E-state index contributed by atoms with van der Waals surface area (Å²) in [5, 5.41) is 14.2. The molecule has 112 valence electrons. The SMILES string of the molecule is CCCNC(CCC)Cc1cc(F)c(Cl)cc1[N+](=O)[O-]. The van der Waals surface area contributed by atoms with Gasteiger partial charge in [-0.15, -0.1) is 0 Å². The van der Waals surface area contributed by atoms with Gasteiger partial charge in [-0.3, -0.25) is 10.1 Å². The van der Waals surface area contributed by atoms with Crippen LogP contribution in [0.3, 0.4) is 0 Å². The summed E-state index contributed by atoms with van der Waals surface area (Å²) in [5.41, 5.74) is 0.273. The lowest BCUT2D eigenvalue weighted by atomic mass is 10.0. The number of halogens is 2. The van der Waals surface area contributed by atoms with Crippen LogP contribution in [0.4, 0.5) is 10.1 Å². The molecule has 0 fully saturated rings. The molecule has 0 radical (unpaired) electrons. The number of hydrogen-bond acceptors (Lipinski definition) is 3. The van der Waals surface area contributed by atoms with Crippen molar-refractivity contribution in [1.29, 1.82) is 0 Å². The highest BCUT2D eigenvalue weighted by Crippen LogP contribution is 2.27. The summed E-state index contributed by atoms with van der Waals surface area (Å²) in [6, 6.07) is 2.38. The molecule has 6 heteroatoms. The molecule has 1 N–H and O–H groups in total. The van der Waals surface area contributed by atoms with Gasteiger partial charge in [0, 0.05) is 17.7 Å². The first kappa shape index (κ1) is 16.9. The zero-order valence-electron chi connectivity index (χ0n) is 11.8. The second-order valence-corrected chi connectivity index (χ2v) is 5.20. The van der Waals surface area contributed by atoms with Gasteiger partial charge in [0.15, 0.2) is 0 Å². The topological polar surface area (TPSA) is 55.2 Å². The molecule has 1 aromatic rings. The van der Waals surface area contributed by atoms with E-state index in [-0.39, 0.29) is 16.8 Å². The number of nitro groups is 1. The molecule has 0 saturated heterocycles. The number of nitrogens with zero attached hydrogens (tertiary/aromatic N) is 1. The standard InChI is InChI=1S/C14H20ClFN2O2/c1-3-5-11(17-6-4-2)7-10-8-13(16)12(15)9-14(10)18(19)20/h8-9,11,17H,3-7H2,1-2H3. The van der Waals surface area contributed by atoms with Crippen LogP contribution >= 0.6 is 11.6 Å². The van der Waals surface area contributed by atoms with Gasteiger partial charge in [0.05, 0.1) is 9.95 Å². The Morgan fingerprint density at radius 1 is 1.40 bits per heavy atom. The van der Waals surface area contributed by atoms with E-state index in [1.807, 2.05) is 0 Å². The third-order valence-corrected chi connectivity index (χ3v) is 3.39. The van der Waals surface area contributed by atoms with Crippen LogP contribution in [0.2, 0.25) is 5.02 Å². The molecule has 1 rings (SSSR count). The fourth-order valence-corrected chi connectivity index (χ4v) is 2.31. The normalized spacial score (nSPS) is 12.4. The van der Waals surface area contributed by atoms with Crippen LogP contribution < -0.4 is 5.32 Å². The molecule has 1 unspecified atom stereocenters. The fourth-order valence-electron chi connectivity index (χ4n) is 2.15. The summed E-state index contributed by atoms with van der Waals surface area (Å²) in [7, 11) is 0. The van der Waals surface area contributed by atoms with E-state index in [0.29, 0.717) is 12.0 Å². The summed E-state index contributed by atoms with van der Waals surface area (Å²) in [5.74, 6) is -0.613. The molecule has 0 spiro atoms. The van der Waals surface area contributed by atoms with Crippen LogP contribution in [-0.4, -0.2) is 17.5 Å². The second-order valence-electron chi connectivity index (χ2n) is 4.80. The Morgan fingerprint density at radius 2 is 2.10 bits per heavy atom. The predicted molar refractivity (Wildman–Crippen MR) is 78.8 cm³/mol. The van der Waals surface area contributed by atoms with Crippen LogP contribution in [0.5, 0.6) is 0 Å². The quantitative estimate of drug-likeness (QED) is 0.581. The van der Waals surface area contributed by atoms with Gasteiger partial charge in [0.1, 0.15) is 5.82 Å². The second kappa shape index (κ2) is 8.17. The zero-order chi connectivity index (χ0) is 15.1. The van der Waals surface area contributed by atoms with Gasteiger partial charge in [-0.05, 0) is 31.9 Å². The van der Waals surface area contributed by atoms with E-state index in [9.17, 15) is 14.5 Å². The molecule has 0 aliphatic rings. The third-order valence-electron chi connectivity index (χ3n) is 3.10. The first-order valence-corrected chi connectivity index (χ1v) is 7.23. The number of benzene rings is 1. The van der Waals surface area contributed by atoms with Crippen molar-refractivity contribution in [2.24, 2.45) is 0 Å². The maximum atomic E-state index is 13.5. The number of rotatable bonds is 8. The number of nitrogens with one attached hydrogen (secondary N) is 1. The molecule has 4 nitrogen and oxygen atoms in total. The Labute approximate surface area is 123 Å². The molecule has 0 amide bonds. The first-order chi connectivity index (χ1) is 9.49. The minimum Gasteiger partial charge on any atom is -0.314 e. The van der Waals surface area contributed by atoms with Crippen molar-refractivity contribution in [3.05, 3.63) is 38.7 Å². The van der Waals surface area contributed by atoms with E-state index in [0.717, 1.165) is 31.9 Å². The summed E-state index contributed by atoms with van der Waals surface area (Å²) in [4.78, 5) is 10.5. The largest absolute Gasteiger partial charge is 0.314 e. The van der Waals surface area contributed by atoms with E-state index in [1.165, 1.54) is 6.07 Å². The van der Waals surface area contributed by atoms with Gasteiger partial charge >= 0.3 is 0 Å². The third kappa shape index (κ3) is 4.72. The first-order valence-electron chi connectivity index (χ1n) is 6.85. The molecule has 1 aromatic carbocycles. The molecular formula is C14H20ClFN2O2. The van der Waals surface area contributed by atoms with Crippen LogP contribution in [0, 0.1) is 15.9 Å². The van der Waals surface area contributed by atoms with Crippen molar-refractivity contribution in [3.8, 4) is 0 Å². The van der Waals surface area contributed by atoms with Gasteiger partial charge in [-0.1, -0.05) is 31.9 Å². The predicted octanol–water partition coefficient (Wildman–Crippen LogP) is 4.10. The van der Waals surface area contributed by atoms with Crippen LogP contribution in [0.25, 0.3) is 0 Å². The molecule has 0 bridgehead atoms. The average Bonchev–Trinajstić information content (AvgIpc) is 2.39. The van der Waals surface area contributed by atoms with Gasteiger partial charge in [0.25, 0.3) is 5.69 Å². The van der Waals surface area contributed by atoms with E-state index < -0.39 is 10.7 Å². The van der Waals surface area contributed by atoms with Crippen molar-refractivity contribution in [3.63, 3.8) is 0 Å². The van der Waals surface area contributed by atoms with E-state index in [1.54, 1.807) is 0 Å². The van der Waals surface area contributed by atoms with Crippen LogP contribution in [0.1, 0.15) is 38.7 Å². The molecule has 20 heavy (non-hydrogen) atoms. The Kier molecular flexibility index (Phi) is 6.88. The van der Waals surface area contributed by atoms with Crippen molar-refractivity contribution in [1.82, 2.24) is 5.32 Å². The number of nitro benzene ring substituents is 1. The molecule has 0 aliphatic heterocycles. The Bertz CT molecular complexity index is 469. The fraction of sp³-hybridized carbons (Fsp3) is 0.571. The summed E-state index contributed by atoms with van der Waals surface area (Å²) in [6.07, 6.45) is 3.27. The van der Waals surface area contributed by atoms with Gasteiger partial charge < -0.3 is 5.32 Å². The van der Waals surface area contributed by atoms with Crippen molar-refractivity contribution in [2.75, 3.05) is 6.54 Å². The maximum Gasteiger partial charge on any atom is 0.274 e. The highest BCUT2D eigenvalue weighted by molar-refractivity contribution is 6.31. The lowest BCUT2D eigenvalue weighted by Crippen LogP contribution is -2.31. The molecule has 0 saturated carbocycles. The molecular weight excluding hydrogens is 283 g/mol. The molecule has 1 atom stereocenters. The Hall–Kier alpha value is -1.20. The van der Waals surface area contributed by atoms with Crippen molar-refractivity contribution in [2.45, 2.75) is 45.6 Å². The molecule has 0 heterocycles. The smallest absolute Gasteiger partial charge is 0.274 e. The lowest BCUT2D eigenvalue weighted by molar-refractivity contribution is -0.385. The minimum absolute atomic E-state index is 0.110. The molecule has 0 aromatic heterocycles. The average molecular weight is 303 g/mol. The summed E-state index contributed by atoms with van der Waals surface area (Å²) in [6.45, 7) is 4.95. The number of hydrogen-bond donors (Lipinski definition) is 1.